The Morgan fingerprint density at radius 2 is 2.25 bits per heavy atom. The van der Waals surface area contributed by atoms with Gasteiger partial charge in [-0.25, -0.2) is 4.39 Å². The van der Waals surface area contributed by atoms with Crippen LogP contribution in [0.15, 0.2) is 18.2 Å². The van der Waals surface area contributed by atoms with Crippen LogP contribution in [0.1, 0.15) is 22.3 Å². The van der Waals surface area contributed by atoms with Crippen LogP contribution in [0, 0.1) is 24.1 Å². The van der Waals surface area contributed by atoms with E-state index in [0.717, 1.165) is 0 Å². The lowest BCUT2D eigenvalue weighted by molar-refractivity contribution is 0.0793. The quantitative estimate of drug-likeness (QED) is 0.783. The van der Waals surface area contributed by atoms with E-state index >= 15 is 0 Å². The molecule has 0 N–H and O–H groups in total. The van der Waals surface area contributed by atoms with Gasteiger partial charge in [0.1, 0.15) is 5.82 Å². The largest absolute Gasteiger partial charge is 0.341 e. The molecule has 3 nitrogen and oxygen atoms in total. The van der Waals surface area contributed by atoms with Gasteiger partial charge in [-0.15, -0.1) is 0 Å². The van der Waals surface area contributed by atoms with Crippen LogP contribution in [0.2, 0.25) is 0 Å². The van der Waals surface area contributed by atoms with Gasteiger partial charge < -0.3 is 4.90 Å². The van der Waals surface area contributed by atoms with Crippen molar-refractivity contribution in [2.45, 2.75) is 13.3 Å². The van der Waals surface area contributed by atoms with Crippen molar-refractivity contribution in [2.75, 3.05) is 13.6 Å². The number of nitriles is 1. The van der Waals surface area contributed by atoms with E-state index in [1.807, 2.05) is 6.07 Å². The van der Waals surface area contributed by atoms with Gasteiger partial charge in [0.25, 0.3) is 5.91 Å². The Hall–Kier alpha value is -1.89. The molecule has 0 radical (unpaired) electrons. The predicted octanol–water partition coefficient (Wildman–Crippen LogP) is 2.12. The highest BCUT2D eigenvalue weighted by Crippen LogP contribution is 2.13. The van der Waals surface area contributed by atoms with Gasteiger partial charge in [0, 0.05) is 13.6 Å². The standard InChI is InChI=1S/C12H13FN2O/c1-9-5-3-6-10(11(9)13)12(16)15(2)8-4-7-14/h3,5-6H,4,8H2,1-2H3. The molecule has 1 aromatic carbocycles. The minimum atomic E-state index is -0.490. The van der Waals surface area contributed by atoms with E-state index in [2.05, 4.69) is 0 Å². The van der Waals surface area contributed by atoms with E-state index in [9.17, 15) is 9.18 Å². The molecule has 1 amide bonds. The van der Waals surface area contributed by atoms with E-state index in [0.29, 0.717) is 12.1 Å². The molecule has 84 valence electrons. The molecule has 0 fully saturated rings. The SMILES string of the molecule is Cc1cccc(C(=O)N(C)CCC#N)c1F. The summed E-state index contributed by atoms with van der Waals surface area (Å²) in [6, 6.07) is 6.65. The molecule has 1 aromatic rings. The highest BCUT2D eigenvalue weighted by Gasteiger charge is 2.16. The van der Waals surface area contributed by atoms with Crippen LogP contribution in [-0.4, -0.2) is 24.4 Å². The van der Waals surface area contributed by atoms with Crippen LogP contribution in [0.4, 0.5) is 4.39 Å². The molecule has 0 aliphatic carbocycles. The number of hydrogen-bond donors (Lipinski definition) is 0. The van der Waals surface area contributed by atoms with Crippen molar-refractivity contribution < 1.29 is 9.18 Å². The number of aryl methyl sites for hydroxylation is 1. The molecule has 0 heterocycles. The zero-order valence-electron chi connectivity index (χ0n) is 9.33. The molecule has 0 aliphatic heterocycles. The lowest BCUT2D eigenvalue weighted by Crippen LogP contribution is -2.28. The van der Waals surface area contributed by atoms with E-state index in [1.165, 1.54) is 11.0 Å². The second-order valence-corrected chi connectivity index (χ2v) is 3.57. The summed E-state index contributed by atoms with van der Waals surface area (Å²) in [5.41, 5.74) is 0.500. The lowest BCUT2D eigenvalue weighted by Gasteiger charge is -2.16. The van der Waals surface area contributed by atoms with Crippen molar-refractivity contribution in [3.8, 4) is 6.07 Å². The number of carbonyl (C=O) groups is 1. The smallest absolute Gasteiger partial charge is 0.256 e. The maximum atomic E-state index is 13.6. The monoisotopic (exact) mass is 220 g/mol. The average Bonchev–Trinajstić information content (AvgIpc) is 2.28. The molecular weight excluding hydrogens is 207 g/mol. The molecule has 1 rings (SSSR count). The fourth-order valence-electron chi connectivity index (χ4n) is 1.34. The maximum absolute atomic E-state index is 13.6. The van der Waals surface area contributed by atoms with Crippen LogP contribution in [0.25, 0.3) is 0 Å². The first-order valence-corrected chi connectivity index (χ1v) is 4.95. The summed E-state index contributed by atoms with van der Waals surface area (Å²) >= 11 is 0. The van der Waals surface area contributed by atoms with Crippen molar-refractivity contribution in [3.05, 3.63) is 35.1 Å². The second kappa shape index (κ2) is 5.26. The molecule has 0 aliphatic rings. The molecule has 0 spiro atoms. The number of hydrogen-bond acceptors (Lipinski definition) is 2. The average molecular weight is 220 g/mol. The Balaban J connectivity index is 2.89. The fraction of sp³-hybridized carbons (Fsp3) is 0.333. The summed E-state index contributed by atoms with van der Waals surface area (Å²) in [5.74, 6) is -0.882. The minimum Gasteiger partial charge on any atom is -0.341 e. The first-order valence-electron chi connectivity index (χ1n) is 4.95. The van der Waals surface area contributed by atoms with Gasteiger partial charge in [-0.2, -0.15) is 5.26 Å². The van der Waals surface area contributed by atoms with Crippen LogP contribution in [0.5, 0.6) is 0 Å². The molecule has 0 bridgehead atoms. The van der Waals surface area contributed by atoms with Gasteiger partial charge in [0.2, 0.25) is 0 Å². The number of carbonyl (C=O) groups excluding carboxylic acids is 1. The van der Waals surface area contributed by atoms with Crippen LogP contribution in [0.3, 0.4) is 0 Å². The molecule has 0 aromatic heterocycles. The van der Waals surface area contributed by atoms with Crippen LogP contribution in [-0.2, 0) is 0 Å². The molecule has 0 saturated carbocycles. The van der Waals surface area contributed by atoms with Gasteiger partial charge in [-0.1, -0.05) is 12.1 Å². The van der Waals surface area contributed by atoms with Gasteiger partial charge in [-0.05, 0) is 18.6 Å². The summed E-state index contributed by atoms with van der Waals surface area (Å²) in [5, 5.41) is 8.40. The Morgan fingerprint density at radius 1 is 1.56 bits per heavy atom. The zero-order chi connectivity index (χ0) is 12.1. The number of nitrogens with zero attached hydrogens (tertiary/aromatic N) is 2. The minimum absolute atomic E-state index is 0.0560. The first kappa shape index (κ1) is 12.2. The Kier molecular flexibility index (Phi) is 4.01. The van der Waals surface area contributed by atoms with E-state index in [1.54, 1.807) is 26.1 Å². The van der Waals surface area contributed by atoms with E-state index in [-0.39, 0.29) is 12.0 Å². The number of halogens is 1. The topological polar surface area (TPSA) is 44.1 Å². The fourth-order valence-corrected chi connectivity index (χ4v) is 1.34. The summed E-state index contributed by atoms with van der Waals surface area (Å²) in [6.45, 7) is 1.92. The van der Waals surface area contributed by atoms with Crippen molar-refractivity contribution in [1.82, 2.24) is 4.90 Å². The second-order valence-electron chi connectivity index (χ2n) is 3.57. The Morgan fingerprint density at radius 3 is 2.88 bits per heavy atom. The van der Waals surface area contributed by atoms with Crippen molar-refractivity contribution in [1.29, 1.82) is 5.26 Å². The van der Waals surface area contributed by atoms with Gasteiger partial charge >= 0.3 is 0 Å². The molecule has 0 saturated heterocycles. The molecule has 16 heavy (non-hydrogen) atoms. The predicted molar refractivity (Wildman–Crippen MR) is 58.3 cm³/mol. The highest BCUT2D eigenvalue weighted by molar-refractivity contribution is 5.94. The van der Waals surface area contributed by atoms with Crippen molar-refractivity contribution >= 4 is 5.91 Å². The highest BCUT2D eigenvalue weighted by atomic mass is 19.1. The van der Waals surface area contributed by atoms with Gasteiger partial charge in [-0.3, -0.25) is 4.79 Å². The third-order valence-corrected chi connectivity index (χ3v) is 2.33. The zero-order valence-corrected chi connectivity index (χ0v) is 9.33. The lowest BCUT2D eigenvalue weighted by atomic mass is 10.1. The summed E-state index contributed by atoms with van der Waals surface area (Å²) in [4.78, 5) is 13.1. The third-order valence-electron chi connectivity index (χ3n) is 2.33. The molecule has 0 atom stereocenters. The molecule has 0 unspecified atom stereocenters. The summed E-state index contributed by atoms with van der Waals surface area (Å²) in [7, 11) is 1.56. The van der Waals surface area contributed by atoms with Gasteiger partial charge in [0.15, 0.2) is 0 Å². The normalized spacial score (nSPS) is 9.62. The Bertz CT molecular complexity index is 437. The molecule has 4 heteroatoms. The maximum Gasteiger partial charge on any atom is 0.256 e. The Labute approximate surface area is 94.1 Å². The van der Waals surface area contributed by atoms with Crippen LogP contribution >= 0.6 is 0 Å². The number of rotatable bonds is 3. The van der Waals surface area contributed by atoms with Crippen molar-refractivity contribution in [3.63, 3.8) is 0 Å². The summed E-state index contributed by atoms with van der Waals surface area (Å²) < 4.78 is 13.6. The van der Waals surface area contributed by atoms with Crippen molar-refractivity contribution in [2.24, 2.45) is 0 Å². The number of benzene rings is 1. The van der Waals surface area contributed by atoms with E-state index < -0.39 is 11.7 Å². The number of amides is 1. The first-order chi connectivity index (χ1) is 7.57. The molecular formula is C12H13FN2O. The van der Waals surface area contributed by atoms with Gasteiger partial charge in [0.05, 0.1) is 18.1 Å². The van der Waals surface area contributed by atoms with Crippen LogP contribution < -0.4 is 0 Å². The third kappa shape index (κ3) is 2.57. The van der Waals surface area contributed by atoms with E-state index in [4.69, 9.17) is 5.26 Å². The summed E-state index contributed by atoms with van der Waals surface area (Å²) in [6.07, 6.45) is 0.246.